The fraction of sp³-hybridized carbons (Fsp3) is 0.0741. The van der Waals surface area contributed by atoms with Crippen molar-refractivity contribution in [1.82, 2.24) is 9.97 Å². The number of hydrogen-bond donors (Lipinski definition) is 2. The first kappa shape index (κ1) is 24.6. The predicted molar refractivity (Wildman–Crippen MR) is 131 cm³/mol. The Hall–Kier alpha value is -4.56. The number of aromatic nitrogens is 2. The minimum Gasteiger partial charge on any atom is -0.481 e. The zero-order valence-corrected chi connectivity index (χ0v) is 19.4. The van der Waals surface area contributed by atoms with Gasteiger partial charge in [0.15, 0.2) is 5.82 Å². The number of carbonyl (C=O) groups is 3. The summed E-state index contributed by atoms with van der Waals surface area (Å²) < 4.78 is 5.42. The molecule has 9 heteroatoms. The van der Waals surface area contributed by atoms with Gasteiger partial charge in [-0.25, -0.2) is 19.6 Å². The van der Waals surface area contributed by atoms with E-state index in [4.69, 9.17) is 16.3 Å². The molecule has 0 amide bonds. The first-order chi connectivity index (χ1) is 17.3. The lowest BCUT2D eigenvalue weighted by molar-refractivity contribution is -0.147. The number of benzene rings is 3. The van der Waals surface area contributed by atoms with Crippen LogP contribution in [0.25, 0.3) is 22.5 Å². The van der Waals surface area contributed by atoms with Crippen molar-refractivity contribution in [1.29, 1.82) is 0 Å². The fourth-order valence-corrected chi connectivity index (χ4v) is 3.73. The van der Waals surface area contributed by atoms with E-state index in [1.54, 1.807) is 72.8 Å². The third-order valence-corrected chi connectivity index (χ3v) is 5.45. The molecular formula is C27H19ClN2O6. The maximum Gasteiger partial charge on any atom is 0.351 e. The van der Waals surface area contributed by atoms with Crippen molar-refractivity contribution >= 4 is 29.5 Å². The summed E-state index contributed by atoms with van der Waals surface area (Å²) in [6.07, 6.45) is -2.37. The van der Waals surface area contributed by atoms with Crippen molar-refractivity contribution in [3.63, 3.8) is 0 Å². The molecule has 8 nitrogen and oxygen atoms in total. The summed E-state index contributed by atoms with van der Waals surface area (Å²) in [6, 6.07) is 22.9. The molecule has 0 aliphatic carbocycles. The number of rotatable bonds is 8. The smallest absolute Gasteiger partial charge is 0.351 e. The van der Waals surface area contributed by atoms with Crippen LogP contribution in [0, 0.1) is 0 Å². The van der Waals surface area contributed by atoms with Crippen LogP contribution in [-0.4, -0.2) is 38.1 Å². The van der Waals surface area contributed by atoms with E-state index in [0.717, 1.165) is 0 Å². The molecule has 180 valence electrons. The lowest BCUT2D eigenvalue weighted by atomic mass is 9.96. The van der Waals surface area contributed by atoms with Gasteiger partial charge in [-0.05, 0) is 29.8 Å². The number of carbonyl (C=O) groups excluding carboxylic acids is 1. The van der Waals surface area contributed by atoms with Crippen LogP contribution in [0.3, 0.4) is 0 Å². The summed E-state index contributed by atoms with van der Waals surface area (Å²) in [7, 11) is 0. The molecule has 1 unspecified atom stereocenters. The van der Waals surface area contributed by atoms with Crippen LogP contribution in [0.4, 0.5) is 0 Å². The second-order valence-corrected chi connectivity index (χ2v) is 8.12. The molecule has 0 bridgehead atoms. The first-order valence-electron chi connectivity index (χ1n) is 10.8. The third kappa shape index (κ3) is 5.56. The molecule has 0 radical (unpaired) electrons. The average molecular weight is 503 g/mol. The second-order valence-electron chi connectivity index (χ2n) is 7.69. The van der Waals surface area contributed by atoms with Crippen LogP contribution in [0.1, 0.15) is 27.8 Å². The van der Waals surface area contributed by atoms with Gasteiger partial charge >= 0.3 is 17.9 Å². The Balaban J connectivity index is 1.95. The summed E-state index contributed by atoms with van der Waals surface area (Å²) in [5.74, 6) is -3.43. The lowest BCUT2D eigenvalue weighted by Crippen LogP contribution is -2.23. The number of carboxylic acids is 2. The Labute approximate surface area is 210 Å². The predicted octanol–water partition coefficient (Wildman–Crippen LogP) is 5.07. The molecular weight excluding hydrogens is 484 g/mol. The van der Waals surface area contributed by atoms with E-state index in [1.165, 1.54) is 12.1 Å². The van der Waals surface area contributed by atoms with Gasteiger partial charge in [-0.3, -0.25) is 4.79 Å². The van der Waals surface area contributed by atoms with E-state index in [2.05, 4.69) is 9.97 Å². The maximum absolute atomic E-state index is 12.8. The van der Waals surface area contributed by atoms with Crippen molar-refractivity contribution in [3.8, 4) is 22.5 Å². The SMILES string of the molecule is O=C(O)Cc1nc(-c2ccccc2)nc(C(OC(=O)c2ccccc2)C(=O)O)c1-c1ccc(Cl)cc1. The van der Waals surface area contributed by atoms with Crippen LogP contribution in [0.2, 0.25) is 5.02 Å². The molecule has 4 rings (SSSR count). The molecule has 0 aliphatic rings. The number of halogens is 1. The largest absolute Gasteiger partial charge is 0.481 e. The number of esters is 1. The van der Waals surface area contributed by atoms with Crippen LogP contribution in [-0.2, 0) is 20.7 Å². The number of hydrogen-bond acceptors (Lipinski definition) is 6. The Bertz CT molecular complexity index is 1410. The molecule has 4 aromatic rings. The number of nitrogens with zero attached hydrogens (tertiary/aromatic N) is 2. The molecule has 1 heterocycles. The van der Waals surface area contributed by atoms with Gasteiger partial charge < -0.3 is 14.9 Å². The van der Waals surface area contributed by atoms with E-state index in [1.807, 2.05) is 0 Å². The Morgan fingerprint density at radius 1 is 0.806 bits per heavy atom. The Kier molecular flexibility index (Phi) is 7.36. The highest BCUT2D eigenvalue weighted by Crippen LogP contribution is 2.35. The highest BCUT2D eigenvalue weighted by atomic mass is 35.5. The van der Waals surface area contributed by atoms with Crippen LogP contribution in [0.15, 0.2) is 84.9 Å². The van der Waals surface area contributed by atoms with Crippen molar-refractivity contribution in [3.05, 3.63) is 107 Å². The molecule has 0 fully saturated rings. The fourth-order valence-electron chi connectivity index (χ4n) is 3.61. The third-order valence-electron chi connectivity index (χ3n) is 5.20. The molecule has 36 heavy (non-hydrogen) atoms. The highest BCUT2D eigenvalue weighted by Gasteiger charge is 2.32. The Morgan fingerprint density at radius 3 is 2.00 bits per heavy atom. The summed E-state index contributed by atoms with van der Waals surface area (Å²) >= 11 is 6.03. The summed E-state index contributed by atoms with van der Waals surface area (Å²) in [5.41, 5.74) is 1.16. The number of aliphatic carboxylic acids is 2. The molecule has 0 saturated carbocycles. The highest BCUT2D eigenvalue weighted by molar-refractivity contribution is 6.30. The molecule has 3 aromatic carbocycles. The molecule has 0 aliphatic heterocycles. The van der Waals surface area contributed by atoms with E-state index >= 15 is 0 Å². The van der Waals surface area contributed by atoms with Gasteiger partial charge in [0, 0.05) is 16.1 Å². The van der Waals surface area contributed by atoms with Gasteiger partial charge in [0.1, 0.15) is 5.69 Å². The van der Waals surface area contributed by atoms with Crippen molar-refractivity contribution in [2.75, 3.05) is 0 Å². The summed E-state index contributed by atoms with van der Waals surface area (Å²) in [5, 5.41) is 20.1. The topological polar surface area (TPSA) is 127 Å². The summed E-state index contributed by atoms with van der Waals surface area (Å²) in [4.78, 5) is 45.9. The molecule has 1 atom stereocenters. The normalized spacial score (nSPS) is 11.5. The van der Waals surface area contributed by atoms with Gasteiger partial charge in [0.25, 0.3) is 0 Å². The van der Waals surface area contributed by atoms with E-state index in [9.17, 15) is 24.6 Å². The van der Waals surface area contributed by atoms with Gasteiger partial charge in [-0.15, -0.1) is 0 Å². The van der Waals surface area contributed by atoms with E-state index in [0.29, 0.717) is 16.1 Å². The molecule has 2 N–H and O–H groups in total. The van der Waals surface area contributed by atoms with Gasteiger partial charge in [0.2, 0.25) is 6.10 Å². The van der Waals surface area contributed by atoms with E-state index < -0.39 is 30.4 Å². The monoisotopic (exact) mass is 502 g/mol. The van der Waals surface area contributed by atoms with Crippen LogP contribution >= 0.6 is 11.6 Å². The number of ether oxygens (including phenoxy) is 1. The number of carboxylic acid groups (broad SMARTS) is 2. The average Bonchev–Trinajstić information content (AvgIpc) is 2.88. The molecule has 0 spiro atoms. The van der Waals surface area contributed by atoms with Crippen LogP contribution in [0.5, 0.6) is 0 Å². The molecule has 0 saturated heterocycles. The van der Waals surface area contributed by atoms with Crippen molar-refractivity contribution in [2.45, 2.75) is 12.5 Å². The van der Waals surface area contributed by atoms with Crippen molar-refractivity contribution in [2.24, 2.45) is 0 Å². The lowest BCUT2D eigenvalue weighted by Gasteiger charge is -2.20. The van der Waals surface area contributed by atoms with E-state index in [-0.39, 0.29) is 28.3 Å². The minimum absolute atomic E-state index is 0.0654. The minimum atomic E-state index is -1.85. The quantitative estimate of drug-likeness (QED) is 0.319. The van der Waals surface area contributed by atoms with Gasteiger partial charge in [-0.1, -0.05) is 72.3 Å². The Morgan fingerprint density at radius 2 is 1.42 bits per heavy atom. The summed E-state index contributed by atoms with van der Waals surface area (Å²) in [6.45, 7) is 0. The standard InChI is InChI=1S/C27H19ClN2O6/c28-19-13-11-16(12-14-19)22-20(15-21(31)32)29-25(17-7-3-1-4-8-17)30-23(22)24(26(33)34)36-27(35)18-9-5-2-6-10-18/h1-14,24H,15H2,(H,31,32)(H,33,34). The van der Waals surface area contributed by atoms with Gasteiger partial charge in [-0.2, -0.15) is 0 Å². The zero-order valence-electron chi connectivity index (χ0n) is 18.7. The molecule has 1 aromatic heterocycles. The maximum atomic E-state index is 12.8. The van der Waals surface area contributed by atoms with Crippen molar-refractivity contribution < 1.29 is 29.3 Å². The van der Waals surface area contributed by atoms with Gasteiger partial charge in [0.05, 0.1) is 17.7 Å². The van der Waals surface area contributed by atoms with Crippen LogP contribution < -0.4 is 0 Å². The zero-order chi connectivity index (χ0) is 25.7. The second kappa shape index (κ2) is 10.8. The first-order valence-corrected chi connectivity index (χ1v) is 11.1.